The van der Waals surface area contributed by atoms with Gasteiger partial charge in [0.25, 0.3) is 0 Å². The van der Waals surface area contributed by atoms with Gasteiger partial charge in [0.05, 0.1) is 12.1 Å². The first kappa shape index (κ1) is 45.1. The summed E-state index contributed by atoms with van der Waals surface area (Å²) in [6.45, 7) is 20.5. The first-order valence-corrected chi connectivity index (χ1v) is 20.0. The summed E-state index contributed by atoms with van der Waals surface area (Å²) in [7, 11) is 0. The molecule has 6 heteroatoms. The van der Waals surface area contributed by atoms with Crippen molar-refractivity contribution in [3.8, 4) is 0 Å². The fourth-order valence-electron chi connectivity index (χ4n) is 7.49. The highest BCUT2D eigenvalue weighted by molar-refractivity contribution is 6.03. The van der Waals surface area contributed by atoms with Crippen LogP contribution in [-0.2, 0) is 9.59 Å². The lowest BCUT2D eigenvalue weighted by molar-refractivity contribution is -0.118. The van der Waals surface area contributed by atoms with Gasteiger partial charge in [0, 0.05) is 11.4 Å². The molecule has 2 unspecified atom stereocenters. The predicted octanol–water partition coefficient (Wildman–Crippen LogP) is 13.4. The van der Waals surface area contributed by atoms with Gasteiger partial charge in [0.15, 0.2) is 11.6 Å². The number of benzene rings is 2. The van der Waals surface area contributed by atoms with Gasteiger partial charge in [0.1, 0.15) is 11.6 Å². The molecule has 304 valence electrons. The van der Waals surface area contributed by atoms with Crippen LogP contribution in [0.1, 0.15) is 82.1 Å². The third kappa shape index (κ3) is 13.0. The quantitative estimate of drug-likeness (QED) is 0.187. The summed E-state index contributed by atoms with van der Waals surface area (Å²) in [6.07, 6.45) is 29.9. The second kappa shape index (κ2) is 20.2. The van der Waals surface area contributed by atoms with Gasteiger partial charge in [-0.1, -0.05) is 147 Å². The molecular formula is C52H60F2N2O2. The van der Waals surface area contributed by atoms with Crippen LogP contribution in [0.2, 0.25) is 0 Å². The first-order valence-electron chi connectivity index (χ1n) is 20.0. The minimum atomic E-state index is -0.402. The molecule has 4 nitrogen and oxygen atoms in total. The number of ketones is 2. The molecular weight excluding hydrogens is 723 g/mol. The number of carbonyl (C=O) groups is 2. The molecule has 2 N–H and O–H groups in total. The van der Waals surface area contributed by atoms with Crippen LogP contribution in [0, 0.1) is 22.5 Å². The zero-order valence-corrected chi connectivity index (χ0v) is 35.8. The Bertz CT molecular complexity index is 2060. The molecule has 2 aromatic carbocycles. The Morgan fingerprint density at radius 3 is 1.28 bits per heavy atom. The summed E-state index contributed by atoms with van der Waals surface area (Å²) in [5, 5.41) is 6.47. The second-order valence-electron chi connectivity index (χ2n) is 16.8. The van der Waals surface area contributed by atoms with E-state index in [-0.39, 0.29) is 34.0 Å². The van der Waals surface area contributed by atoms with Crippen LogP contribution < -0.4 is 10.6 Å². The van der Waals surface area contributed by atoms with Crippen LogP contribution in [-0.4, -0.2) is 23.7 Å². The van der Waals surface area contributed by atoms with Crippen LogP contribution in [0.15, 0.2) is 178 Å². The molecule has 0 saturated carbocycles. The SMILES string of the molecule is CC(C=CC=C(C)C=CC1=C(C)C(=O)C(Nc2cccc(F)c2)CC1(C)C)=CC=CC=C(C)C=CC=C(C)C=CC1=C(C)C(=O)C(Nc2cccc(F)c2)CC1(C)C. The van der Waals surface area contributed by atoms with Crippen molar-refractivity contribution >= 4 is 22.9 Å². The van der Waals surface area contributed by atoms with Gasteiger partial charge in [0.2, 0.25) is 0 Å². The Kier molecular flexibility index (Phi) is 15.7. The van der Waals surface area contributed by atoms with Gasteiger partial charge >= 0.3 is 0 Å². The highest BCUT2D eigenvalue weighted by Crippen LogP contribution is 2.42. The van der Waals surface area contributed by atoms with E-state index in [0.29, 0.717) is 24.2 Å². The monoisotopic (exact) mass is 782 g/mol. The predicted molar refractivity (Wildman–Crippen MR) is 241 cm³/mol. The van der Waals surface area contributed by atoms with E-state index in [0.717, 1.165) is 44.6 Å². The number of anilines is 2. The standard InChI is InChI=1S/C52H60F2N2O2/c1-35(19-13-21-37(3)27-29-45-39(5)49(57)47(33-51(45,7)8)55-43-25-15-23-41(53)31-43)17-11-12-18-36(2)20-14-22-38(4)28-30-46-40(6)50(58)48(34-52(46,9)10)56-44-26-16-24-42(54)32-44/h11-32,47-48,55-56H,33-34H2,1-10H3. The van der Waals surface area contributed by atoms with Crippen molar-refractivity contribution in [3.63, 3.8) is 0 Å². The van der Waals surface area contributed by atoms with Gasteiger partial charge in [-0.25, -0.2) is 8.78 Å². The van der Waals surface area contributed by atoms with Crippen LogP contribution in [0.4, 0.5) is 20.2 Å². The van der Waals surface area contributed by atoms with E-state index in [4.69, 9.17) is 0 Å². The minimum absolute atomic E-state index is 0.0386. The Balaban J connectivity index is 1.29. The van der Waals surface area contributed by atoms with Crippen molar-refractivity contribution in [1.82, 2.24) is 0 Å². The molecule has 2 aliphatic carbocycles. The first-order chi connectivity index (χ1) is 27.4. The maximum absolute atomic E-state index is 13.7. The molecule has 0 saturated heterocycles. The molecule has 0 heterocycles. The number of Topliss-reactive ketones (excluding diaryl/α,β-unsaturated/α-hetero) is 2. The number of halogens is 2. The molecule has 2 atom stereocenters. The Morgan fingerprint density at radius 1 is 0.569 bits per heavy atom. The molecule has 0 aliphatic heterocycles. The average Bonchev–Trinajstić information content (AvgIpc) is 3.14. The minimum Gasteiger partial charge on any atom is -0.375 e. The van der Waals surface area contributed by atoms with E-state index in [1.165, 1.54) is 24.3 Å². The molecule has 4 rings (SSSR count). The molecule has 0 amide bonds. The van der Waals surface area contributed by atoms with Crippen LogP contribution >= 0.6 is 0 Å². The zero-order chi connectivity index (χ0) is 42.6. The summed E-state index contributed by atoms with van der Waals surface area (Å²) in [4.78, 5) is 26.5. The average molecular weight is 783 g/mol. The highest BCUT2D eigenvalue weighted by Gasteiger charge is 2.39. The molecule has 0 radical (unpaired) electrons. The topological polar surface area (TPSA) is 58.2 Å². The maximum Gasteiger partial charge on any atom is 0.181 e. The molecule has 0 fully saturated rings. The molecule has 0 spiro atoms. The number of rotatable bonds is 14. The van der Waals surface area contributed by atoms with E-state index in [1.807, 2.05) is 52.0 Å². The van der Waals surface area contributed by atoms with E-state index in [1.54, 1.807) is 24.3 Å². The van der Waals surface area contributed by atoms with E-state index >= 15 is 0 Å². The van der Waals surface area contributed by atoms with Gasteiger partial charge in [-0.2, -0.15) is 0 Å². The number of hydrogen-bond donors (Lipinski definition) is 2. The number of hydrogen-bond acceptors (Lipinski definition) is 4. The summed E-state index contributed by atoms with van der Waals surface area (Å²) >= 11 is 0. The molecule has 2 aliphatic rings. The largest absolute Gasteiger partial charge is 0.375 e. The lowest BCUT2D eigenvalue weighted by atomic mass is 9.70. The van der Waals surface area contributed by atoms with Gasteiger partial charge in [-0.15, -0.1) is 0 Å². The van der Waals surface area contributed by atoms with Crippen molar-refractivity contribution in [3.05, 3.63) is 190 Å². The summed E-state index contributed by atoms with van der Waals surface area (Å²) < 4.78 is 27.4. The van der Waals surface area contributed by atoms with Crippen molar-refractivity contribution in [2.45, 2.75) is 94.2 Å². The molecule has 0 aromatic heterocycles. The zero-order valence-electron chi connectivity index (χ0n) is 35.8. The number of carbonyl (C=O) groups excluding carboxylic acids is 2. The van der Waals surface area contributed by atoms with Crippen LogP contribution in [0.5, 0.6) is 0 Å². The van der Waals surface area contributed by atoms with E-state index in [2.05, 4.69) is 113 Å². The number of allylic oxidation sites excluding steroid dienone is 20. The summed E-state index contributed by atoms with van der Waals surface area (Å²) in [5.41, 5.74) is 8.61. The molecule has 58 heavy (non-hydrogen) atoms. The molecule has 2 aromatic rings. The van der Waals surface area contributed by atoms with Crippen LogP contribution in [0.25, 0.3) is 0 Å². The lowest BCUT2D eigenvalue weighted by Gasteiger charge is -2.37. The lowest BCUT2D eigenvalue weighted by Crippen LogP contribution is -2.40. The van der Waals surface area contributed by atoms with Gasteiger partial charge in [-0.05, 0) is 124 Å². The van der Waals surface area contributed by atoms with E-state index in [9.17, 15) is 18.4 Å². The Labute approximate surface area is 345 Å². The normalized spacial score (nSPS) is 21.2. The van der Waals surface area contributed by atoms with Crippen molar-refractivity contribution in [1.29, 1.82) is 0 Å². The van der Waals surface area contributed by atoms with Crippen molar-refractivity contribution in [2.24, 2.45) is 10.8 Å². The van der Waals surface area contributed by atoms with Crippen molar-refractivity contribution in [2.75, 3.05) is 10.6 Å². The molecule has 0 bridgehead atoms. The summed E-state index contributed by atoms with van der Waals surface area (Å²) in [5.74, 6) is -0.584. The van der Waals surface area contributed by atoms with Crippen LogP contribution in [0.3, 0.4) is 0 Å². The third-order valence-corrected chi connectivity index (χ3v) is 10.7. The van der Waals surface area contributed by atoms with Gasteiger partial charge in [-0.3, -0.25) is 9.59 Å². The van der Waals surface area contributed by atoms with E-state index < -0.39 is 12.1 Å². The van der Waals surface area contributed by atoms with Gasteiger partial charge < -0.3 is 10.6 Å². The summed E-state index contributed by atoms with van der Waals surface area (Å²) in [6, 6.07) is 11.7. The van der Waals surface area contributed by atoms with Crippen molar-refractivity contribution < 1.29 is 18.4 Å². The smallest absolute Gasteiger partial charge is 0.181 e. The Hall–Kier alpha value is -5.62. The Morgan fingerprint density at radius 2 is 0.914 bits per heavy atom. The number of nitrogens with one attached hydrogen (secondary N) is 2. The fraction of sp³-hybridized carbons (Fsp3) is 0.308. The fourth-order valence-corrected chi connectivity index (χ4v) is 7.49. The third-order valence-electron chi connectivity index (χ3n) is 10.7. The second-order valence-corrected chi connectivity index (χ2v) is 16.8. The highest BCUT2D eigenvalue weighted by atomic mass is 19.1. The maximum atomic E-state index is 13.7.